The maximum atomic E-state index is 12.3. The third-order valence-electron chi connectivity index (χ3n) is 3.85. The molecule has 0 unspecified atom stereocenters. The summed E-state index contributed by atoms with van der Waals surface area (Å²) in [4.78, 5) is 18.3. The summed E-state index contributed by atoms with van der Waals surface area (Å²) in [6.45, 7) is 1.03. The third-order valence-corrected chi connectivity index (χ3v) is 3.85. The van der Waals surface area contributed by atoms with E-state index in [2.05, 4.69) is 4.98 Å². The van der Waals surface area contributed by atoms with Crippen molar-refractivity contribution >= 4 is 5.91 Å². The molecule has 1 fully saturated rings. The smallest absolute Gasteiger partial charge is 0.253 e. The Kier molecular flexibility index (Phi) is 4.06. The van der Waals surface area contributed by atoms with E-state index in [1.165, 1.54) is 0 Å². The lowest BCUT2D eigenvalue weighted by molar-refractivity contribution is 0.0765. The number of aliphatic hydroxyl groups is 1. The normalized spacial score (nSPS) is 17.5. The van der Waals surface area contributed by atoms with Crippen molar-refractivity contribution in [3.63, 3.8) is 0 Å². The van der Waals surface area contributed by atoms with Crippen LogP contribution in [0.3, 0.4) is 0 Å². The number of amides is 1. The molecule has 0 saturated carbocycles. The van der Waals surface area contributed by atoms with Crippen LogP contribution in [-0.2, 0) is 0 Å². The van der Waals surface area contributed by atoms with E-state index in [1.807, 2.05) is 18.2 Å². The number of carbonyl (C=O) groups excluding carboxylic acids is 1. The second kappa shape index (κ2) is 6.15. The average Bonchev–Trinajstić information content (AvgIpc) is 3.01. The Morgan fingerprint density at radius 3 is 2.73 bits per heavy atom. The van der Waals surface area contributed by atoms with Crippen molar-refractivity contribution < 1.29 is 14.6 Å². The Balaban J connectivity index is 1.79. The fourth-order valence-corrected chi connectivity index (χ4v) is 2.59. The van der Waals surface area contributed by atoms with Crippen molar-refractivity contribution in [1.82, 2.24) is 9.88 Å². The molecule has 0 bridgehead atoms. The lowest BCUT2D eigenvalue weighted by Gasteiger charge is -2.15. The number of pyridine rings is 1. The first-order chi connectivity index (χ1) is 10.7. The van der Waals surface area contributed by atoms with Crippen molar-refractivity contribution in [2.24, 2.45) is 0 Å². The predicted molar refractivity (Wildman–Crippen MR) is 82.8 cm³/mol. The molecule has 5 nitrogen and oxygen atoms in total. The number of rotatable bonds is 3. The molecule has 1 amide bonds. The molecule has 1 aliphatic rings. The summed E-state index contributed by atoms with van der Waals surface area (Å²) in [6.07, 6.45) is 1.94. The van der Waals surface area contributed by atoms with Crippen LogP contribution < -0.4 is 4.74 Å². The number of aliphatic hydroxyl groups excluding tert-OH is 1. The first-order valence-electron chi connectivity index (χ1n) is 7.25. The van der Waals surface area contributed by atoms with Crippen molar-refractivity contribution in [3.8, 4) is 17.0 Å². The summed E-state index contributed by atoms with van der Waals surface area (Å²) in [5, 5.41) is 9.52. The van der Waals surface area contributed by atoms with E-state index in [0.29, 0.717) is 25.1 Å². The Hall–Kier alpha value is -2.40. The monoisotopic (exact) mass is 298 g/mol. The molecule has 114 valence electrons. The predicted octanol–water partition coefficient (Wildman–Crippen LogP) is 1.96. The molecular weight excluding hydrogens is 280 g/mol. The molecular formula is C17H18N2O3. The summed E-state index contributed by atoms with van der Waals surface area (Å²) in [5.41, 5.74) is 2.35. The largest absolute Gasteiger partial charge is 0.497 e. The van der Waals surface area contributed by atoms with Gasteiger partial charge in [-0.05, 0) is 24.6 Å². The Bertz CT molecular complexity index is 670. The van der Waals surface area contributed by atoms with Crippen LogP contribution in [-0.4, -0.2) is 47.2 Å². The quantitative estimate of drug-likeness (QED) is 0.941. The van der Waals surface area contributed by atoms with Crippen molar-refractivity contribution in [2.45, 2.75) is 12.5 Å². The van der Waals surface area contributed by atoms with E-state index in [9.17, 15) is 9.90 Å². The van der Waals surface area contributed by atoms with E-state index in [4.69, 9.17) is 4.74 Å². The van der Waals surface area contributed by atoms with Gasteiger partial charge in [0.1, 0.15) is 5.75 Å². The molecule has 2 heterocycles. The highest BCUT2D eigenvalue weighted by Crippen LogP contribution is 2.22. The number of β-amino-alcohol motifs (C(OH)–C–C–N with tert-alkyl or cyclic N) is 1. The number of hydrogen-bond acceptors (Lipinski definition) is 4. The van der Waals surface area contributed by atoms with Crippen LogP contribution in [0.25, 0.3) is 11.3 Å². The Labute approximate surface area is 129 Å². The summed E-state index contributed by atoms with van der Waals surface area (Å²) in [7, 11) is 1.62. The molecule has 1 aromatic carbocycles. The van der Waals surface area contributed by atoms with Crippen molar-refractivity contribution in [2.75, 3.05) is 20.2 Å². The standard InChI is InChI=1S/C17H18N2O3/c1-22-15-6-8-18-16(10-15)12-2-4-13(5-3-12)17(21)19-9-7-14(20)11-19/h2-6,8,10,14,20H,7,9,11H2,1H3/t14-/m1/s1. The van der Waals surface area contributed by atoms with Crippen LogP contribution in [0.4, 0.5) is 0 Å². The minimum atomic E-state index is -0.399. The molecule has 1 atom stereocenters. The zero-order valence-electron chi connectivity index (χ0n) is 12.4. The van der Waals surface area contributed by atoms with Gasteiger partial charge in [0, 0.05) is 36.5 Å². The van der Waals surface area contributed by atoms with Gasteiger partial charge >= 0.3 is 0 Å². The van der Waals surface area contributed by atoms with Gasteiger partial charge in [0.05, 0.1) is 18.9 Å². The molecule has 0 spiro atoms. The Morgan fingerprint density at radius 2 is 2.09 bits per heavy atom. The molecule has 1 aliphatic heterocycles. The van der Waals surface area contributed by atoms with Crippen LogP contribution in [0.1, 0.15) is 16.8 Å². The van der Waals surface area contributed by atoms with Crippen molar-refractivity contribution in [1.29, 1.82) is 0 Å². The number of benzene rings is 1. The fraction of sp³-hybridized carbons (Fsp3) is 0.294. The zero-order valence-corrected chi connectivity index (χ0v) is 12.4. The van der Waals surface area contributed by atoms with Crippen LogP contribution >= 0.6 is 0 Å². The fourth-order valence-electron chi connectivity index (χ4n) is 2.59. The van der Waals surface area contributed by atoms with Gasteiger partial charge in [-0.15, -0.1) is 0 Å². The summed E-state index contributed by atoms with van der Waals surface area (Å²) in [6, 6.07) is 11.0. The molecule has 1 N–H and O–H groups in total. The molecule has 22 heavy (non-hydrogen) atoms. The number of nitrogens with zero attached hydrogens (tertiary/aromatic N) is 2. The minimum absolute atomic E-state index is 0.0401. The van der Waals surface area contributed by atoms with Gasteiger partial charge in [-0.1, -0.05) is 12.1 Å². The van der Waals surface area contributed by atoms with Crippen molar-refractivity contribution in [3.05, 3.63) is 48.2 Å². The van der Waals surface area contributed by atoms with Gasteiger partial charge in [0.2, 0.25) is 0 Å². The maximum absolute atomic E-state index is 12.3. The first kappa shape index (κ1) is 14.5. The minimum Gasteiger partial charge on any atom is -0.497 e. The van der Waals surface area contributed by atoms with Crippen LogP contribution in [0.15, 0.2) is 42.6 Å². The van der Waals surface area contributed by atoms with Gasteiger partial charge in [-0.3, -0.25) is 9.78 Å². The second-order valence-corrected chi connectivity index (χ2v) is 5.35. The van der Waals surface area contributed by atoms with E-state index in [1.54, 1.807) is 36.4 Å². The molecule has 1 aromatic heterocycles. The highest BCUT2D eigenvalue weighted by Gasteiger charge is 2.25. The zero-order chi connectivity index (χ0) is 15.5. The average molecular weight is 298 g/mol. The Morgan fingerprint density at radius 1 is 1.32 bits per heavy atom. The number of likely N-dealkylation sites (tertiary alicyclic amines) is 1. The molecule has 0 aliphatic carbocycles. The van der Waals surface area contributed by atoms with Gasteiger partial charge in [0.15, 0.2) is 0 Å². The lowest BCUT2D eigenvalue weighted by atomic mass is 10.1. The van der Waals surface area contributed by atoms with Gasteiger partial charge in [-0.2, -0.15) is 0 Å². The molecule has 3 rings (SSSR count). The van der Waals surface area contributed by atoms with Crippen LogP contribution in [0.5, 0.6) is 5.75 Å². The van der Waals surface area contributed by atoms with Gasteiger partial charge in [-0.25, -0.2) is 0 Å². The number of ether oxygens (including phenoxy) is 1. The lowest BCUT2D eigenvalue weighted by Crippen LogP contribution is -2.29. The summed E-state index contributed by atoms with van der Waals surface area (Å²) < 4.78 is 5.19. The number of carbonyl (C=O) groups is 1. The molecule has 0 radical (unpaired) electrons. The SMILES string of the molecule is COc1ccnc(-c2ccc(C(=O)N3CC[C@@H](O)C3)cc2)c1. The molecule has 5 heteroatoms. The summed E-state index contributed by atoms with van der Waals surface area (Å²) >= 11 is 0. The van der Waals surface area contributed by atoms with E-state index in [0.717, 1.165) is 17.0 Å². The number of hydrogen-bond donors (Lipinski definition) is 1. The number of methoxy groups -OCH3 is 1. The second-order valence-electron chi connectivity index (χ2n) is 5.35. The van der Waals surface area contributed by atoms with Gasteiger partial charge in [0.25, 0.3) is 5.91 Å². The topological polar surface area (TPSA) is 62.7 Å². The summed E-state index contributed by atoms with van der Waals surface area (Å²) in [5.74, 6) is 0.706. The highest BCUT2D eigenvalue weighted by molar-refractivity contribution is 5.94. The van der Waals surface area contributed by atoms with E-state index < -0.39 is 6.10 Å². The number of aromatic nitrogens is 1. The first-order valence-corrected chi connectivity index (χ1v) is 7.25. The van der Waals surface area contributed by atoms with Crippen LogP contribution in [0, 0.1) is 0 Å². The van der Waals surface area contributed by atoms with E-state index >= 15 is 0 Å². The van der Waals surface area contributed by atoms with E-state index in [-0.39, 0.29) is 5.91 Å². The third kappa shape index (κ3) is 2.94. The maximum Gasteiger partial charge on any atom is 0.253 e. The highest BCUT2D eigenvalue weighted by atomic mass is 16.5. The molecule has 2 aromatic rings. The molecule has 1 saturated heterocycles. The van der Waals surface area contributed by atoms with Gasteiger partial charge < -0.3 is 14.7 Å². The van der Waals surface area contributed by atoms with Crippen LogP contribution in [0.2, 0.25) is 0 Å².